The van der Waals surface area contributed by atoms with E-state index in [1.165, 1.54) is 11.1 Å². The second-order valence-corrected chi connectivity index (χ2v) is 4.88. The van der Waals surface area contributed by atoms with Gasteiger partial charge in [0, 0.05) is 11.7 Å². The summed E-state index contributed by atoms with van der Waals surface area (Å²) in [7, 11) is 1.69. The highest BCUT2D eigenvalue weighted by Gasteiger charge is 2.07. The summed E-state index contributed by atoms with van der Waals surface area (Å²) in [5, 5.41) is 7.80. The topological polar surface area (TPSA) is 21.3 Å². The van der Waals surface area contributed by atoms with Gasteiger partial charge in [-0.25, -0.2) is 0 Å². The Kier molecular flexibility index (Phi) is 3.69. The van der Waals surface area contributed by atoms with Gasteiger partial charge >= 0.3 is 0 Å². The Morgan fingerprint density at radius 1 is 1.29 bits per heavy atom. The van der Waals surface area contributed by atoms with Crippen molar-refractivity contribution in [3.63, 3.8) is 0 Å². The lowest BCUT2D eigenvalue weighted by molar-refractivity contribution is 0.414. The Morgan fingerprint density at radius 2 is 2.12 bits per heavy atom. The molecule has 0 saturated heterocycles. The van der Waals surface area contributed by atoms with E-state index in [0.29, 0.717) is 6.04 Å². The Bertz CT molecular complexity index is 479. The minimum Gasteiger partial charge on any atom is -0.497 e. The van der Waals surface area contributed by atoms with E-state index >= 15 is 0 Å². The molecule has 1 aromatic heterocycles. The normalized spacial score (nSPS) is 12.2. The molecule has 0 amide bonds. The predicted octanol–water partition coefficient (Wildman–Crippen LogP) is 4.24. The van der Waals surface area contributed by atoms with Crippen LogP contribution in [0.4, 0.5) is 5.69 Å². The summed E-state index contributed by atoms with van der Waals surface area (Å²) in [6, 6.07) is 8.57. The van der Waals surface area contributed by atoms with E-state index in [9.17, 15) is 0 Å². The predicted molar refractivity (Wildman–Crippen MR) is 74.1 cm³/mol. The summed E-state index contributed by atoms with van der Waals surface area (Å²) in [6.45, 7) is 4.26. The molecule has 0 fully saturated rings. The molecule has 0 radical (unpaired) electrons. The van der Waals surface area contributed by atoms with Gasteiger partial charge in [-0.2, -0.15) is 11.3 Å². The molecular formula is C14H17NOS. The third kappa shape index (κ3) is 2.80. The van der Waals surface area contributed by atoms with Gasteiger partial charge in [0.2, 0.25) is 0 Å². The van der Waals surface area contributed by atoms with Crippen molar-refractivity contribution in [2.45, 2.75) is 19.9 Å². The molecule has 3 heteroatoms. The number of nitrogens with one attached hydrogen (secondary N) is 1. The number of methoxy groups -OCH3 is 1. The molecule has 1 atom stereocenters. The van der Waals surface area contributed by atoms with E-state index in [-0.39, 0.29) is 0 Å². The highest BCUT2D eigenvalue weighted by molar-refractivity contribution is 7.07. The van der Waals surface area contributed by atoms with Crippen LogP contribution < -0.4 is 10.1 Å². The third-order valence-electron chi connectivity index (χ3n) is 2.85. The van der Waals surface area contributed by atoms with Crippen LogP contribution in [0.25, 0.3) is 0 Å². The number of anilines is 1. The molecule has 0 aliphatic carbocycles. The van der Waals surface area contributed by atoms with E-state index in [4.69, 9.17) is 4.74 Å². The van der Waals surface area contributed by atoms with E-state index in [0.717, 1.165) is 11.4 Å². The van der Waals surface area contributed by atoms with Crippen molar-refractivity contribution in [3.8, 4) is 5.75 Å². The van der Waals surface area contributed by atoms with E-state index in [1.54, 1.807) is 18.4 Å². The third-order valence-corrected chi connectivity index (χ3v) is 3.55. The van der Waals surface area contributed by atoms with Gasteiger partial charge < -0.3 is 10.1 Å². The van der Waals surface area contributed by atoms with Crippen molar-refractivity contribution in [1.82, 2.24) is 0 Å². The molecule has 2 nitrogen and oxygen atoms in total. The average molecular weight is 247 g/mol. The molecule has 0 aliphatic rings. The Morgan fingerprint density at radius 3 is 2.71 bits per heavy atom. The largest absolute Gasteiger partial charge is 0.497 e. The summed E-state index contributed by atoms with van der Waals surface area (Å²) >= 11 is 1.73. The molecule has 90 valence electrons. The highest BCUT2D eigenvalue weighted by atomic mass is 32.1. The number of aryl methyl sites for hydroxylation is 1. The fourth-order valence-electron chi connectivity index (χ4n) is 1.76. The van der Waals surface area contributed by atoms with Crippen molar-refractivity contribution in [1.29, 1.82) is 0 Å². The molecule has 1 aromatic carbocycles. The molecule has 1 N–H and O–H groups in total. The number of hydrogen-bond donors (Lipinski definition) is 1. The second-order valence-electron chi connectivity index (χ2n) is 4.10. The Balaban J connectivity index is 2.13. The van der Waals surface area contributed by atoms with Gasteiger partial charge in [0.1, 0.15) is 5.75 Å². The van der Waals surface area contributed by atoms with Crippen molar-refractivity contribution < 1.29 is 4.74 Å². The van der Waals surface area contributed by atoms with Crippen molar-refractivity contribution >= 4 is 17.0 Å². The number of hydrogen-bond acceptors (Lipinski definition) is 3. The molecule has 0 bridgehead atoms. The lowest BCUT2D eigenvalue weighted by Gasteiger charge is -2.16. The monoisotopic (exact) mass is 247 g/mol. The van der Waals surface area contributed by atoms with Crippen LogP contribution in [-0.2, 0) is 0 Å². The lowest BCUT2D eigenvalue weighted by Crippen LogP contribution is -2.06. The van der Waals surface area contributed by atoms with Crippen molar-refractivity contribution in [2.75, 3.05) is 12.4 Å². The van der Waals surface area contributed by atoms with Gasteiger partial charge in [-0.3, -0.25) is 0 Å². The van der Waals surface area contributed by atoms with Gasteiger partial charge in [0.25, 0.3) is 0 Å². The van der Waals surface area contributed by atoms with Crippen LogP contribution in [0, 0.1) is 6.92 Å². The fraction of sp³-hybridized carbons (Fsp3) is 0.286. The Labute approximate surface area is 106 Å². The minimum atomic E-state index is 0.327. The van der Waals surface area contributed by atoms with Gasteiger partial charge in [-0.05, 0) is 60.0 Å². The highest BCUT2D eigenvalue weighted by Crippen LogP contribution is 2.26. The standard InChI is InChI=1S/C14H17NOS/c1-10-8-13(16-3)4-5-14(10)15-11(2)12-6-7-17-9-12/h4-9,11,15H,1-3H3. The number of thiophene rings is 1. The molecule has 0 aliphatic heterocycles. The Hall–Kier alpha value is -1.48. The molecule has 17 heavy (non-hydrogen) atoms. The van der Waals surface area contributed by atoms with E-state index in [2.05, 4.69) is 42.1 Å². The molecule has 0 spiro atoms. The summed E-state index contributed by atoms with van der Waals surface area (Å²) < 4.78 is 5.20. The van der Waals surface area contributed by atoms with Gasteiger partial charge in [-0.15, -0.1) is 0 Å². The molecule has 2 rings (SSSR count). The van der Waals surface area contributed by atoms with Crippen LogP contribution in [0.15, 0.2) is 35.0 Å². The zero-order chi connectivity index (χ0) is 12.3. The smallest absolute Gasteiger partial charge is 0.119 e. The summed E-state index contributed by atoms with van der Waals surface area (Å²) in [6.07, 6.45) is 0. The maximum absolute atomic E-state index is 5.20. The molecule has 2 aromatic rings. The summed E-state index contributed by atoms with van der Waals surface area (Å²) in [5.74, 6) is 0.899. The second kappa shape index (κ2) is 5.23. The maximum Gasteiger partial charge on any atom is 0.119 e. The fourth-order valence-corrected chi connectivity index (χ4v) is 2.52. The summed E-state index contributed by atoms with van der Waals surface area (Å²) in [5.41, 5.74) is 3.68. The van der Waals surface area contributed by atoms with Crippen molar-refractivity contribution in [3.05, 3.63) is 46.2 Å². The number of ether oxygens (including phenoxy) is 1. The van der Waals surface area contributed by atoms with Crippen molar-refractivity contribution in [2.24, 2.45) is 0 Å². The average Bonchev–Trinajstić information content (AvgIpc) is 2.85. The molecule has 1 unspecified atom stereocenters. The number of rotatable bonds is 4. The SMILES string of the molecule is COc1ccc(NC(C)c2ccsc2)c(C)c1. The van der Waals surface area contributed by atoms with Crippen LogP contribution in [0.3, 0.4) is 0 Å². The number of benzene rings is 1. The zero-order valence-electron chi connectivity index (χ0n) is 10.4. The van der Waals surface area contributed by atoms with Crippen LogP contribution in [0.1, 0.15) is 24.1 Å². The van der Waals surface area contributed by atoms with Crippen LogP contribution in [-0.4, -0.2) is 7.11 Å². The van der Waals surface area contributed by atoms with Crippen LogP contribution >= 0.6 is 11.3 Å². The quantitative estimate of drug-likeness (QED) is 0.872. The van der Waals surface area contributed by atoms with Crippen LogP contribution in [0.5, 0.6) is 5.75 Å². The van der Waals surface area contributed by atoms with Gasteiger partial charge in [-0.1, -0.05) is 0 Å². The van der Waals surface area contributed by atoms with Gasteiger partial charge in [0.05, 0.1) is 7.11 Å². The minimum absolute atomic E-state index is 0.327. The maximum atomic E-state index is 5.20. The summed E-state index contributed by atoms with van der Waals surface area (Å²) in [4.78, 5) is 0. The first kappa shape index (κ1) is 12.0. The lowest BCUT2D eigenvalue weighted by atomic mass is 10.1. The van der Waals surface area contributed by atoms with E-state index in [1.807, 2.05) is 12.1 Å². The van der Waals surface area contributed by atoms with E-state index < -0.39 is 0 Å². The molecular weight excluding hydrogens is 230 g/mol. The molecule has 0 saturated carbocycles. The molecule has 1 heterocycles. The van der Waals surface area contributed by atoms with Gasteiger partial charge in [0.15, 0.2) is 0 Å². The first-order chi connectivity index (χ1) is 8.20. The zero-order valence-corrected chi connectivity index (χ0v) is 11.2. The first-order valence-corrected chi connectivity index (χ1v) is 6.58. The van der Waals surface area contributed by atoms with Crippen LogP contribution in [0.2, 0.25) is 0 Å². The first-order valence-electron chi connectivity index (χ1n) is 5.64.